The topological polar surface area (TPSA) is 63.3 Å². The van der Waals surface area contributed by atoms with Crippen LogP contribution in [0.15, 0.2) is 23.2 Å². The van der Waals surface area contributed by atoms with E-state index in [4.69, 9.17) is 4.99 Å². The summed E-state index contributed by atoms with van der Waals surface area (Å²) in [5.74, 6) is 0.0813. The summed E-state index contributed by atoms with van der Waals surface area (Å²) in [7, 11) is 0. The summed E-state index contributed by atoms with van der Waals surface area (Å²) in [4.78, 5) is 5.79. The van der Waals surface area contributed by atoms with Crippen LogP contribution >= 0.6 is 11.3 Å². The van der Waals surface area contributed by atoms with Crippen LogP contribution in [0.1, 0.15) is 59.0 Å². The minimum absolute atomic E-state index is 0.109. The highest BCUT2D eigenvalue weighted by atomic mass is 32.1. The Hall–Kier alpha value is -2.45. The predicted octanol–water partition coefficient (Wildman–Crippen LogP) is 4.07. The second-order valence-electron chi connectivity index (χ2n) is 7.63. The van der Waals surface area contributed by atoms with Gasteiger partial charge in [0.1, 0.15) is 28.5 Å². The Labute approximate surface area is 170 Å². The molecule has 0 fully saturated rings. The molecule has 5 rings (SSSR count). The van der Waals surface area contributed by atoms with E-state index in [0.717, 1.165) is 33.8 Å². The van der Waals surface area contributed by atoms with Crippen molar-refractivity contribution >= 4 is 17.0 Å². The maximum absolute atomic E-state index is 14.8. The van der Waals surface area contributed by atoms with Gasteiger partial charge in [-0.1, -0.05) is 6.07 Å². The smallest absolute Gasteiger partial charge is 0.162 e. The van der Waals surface area contributed by atoms with Crippen molar-refractivity contribution in [2.75, 3.05) is 0 Å². The van der Waals surface area contributed by atoms with Gasteiger partial charge in [0, 0.05) is 16.9 Å². The maximum Gasteiger partial charge on any atom is 0.162 e. The third kappa shape index (κ3) is 2.85. The minimum Gasteiger partial charge on any atom is -0.393 e. The number of aliphatic imine (C=N–C) groups is 1. The second kappa shape index (κ2) is 6.81. The van der Waals surface area contributed by atoms with E-state index < -0.39 is 23.8 Å². The quantitative estimate of drug-likeness (QED) is 0.611. The van der Waals surface area contributed by atoms with E-state index in [1.807, 2.05) is 18.4 Å². The summed E-state index contributed by atoms with van der Waals surface area (Å²) in [6.07, 6.45) is 2.38. The fourth-order valence-electron chi connectivity index (χ4n) is 4.29. The van der Waals surface area contributed by atoms with Crippen LogP contribution in [0.2, 0.25) is 0 Å². The van der Waals surface area contributed by atoms with Crippen molar-refractivity contribution in [3.8, 4) is 5.00 Å². The maximum atomic E-state index is 14.8. The number of hydrogen-bond donors (Lipinski definition) is 1. The molecule has 2 atom stereocenters. The summed E-state index contributed by atoms with van der Waals surface area (Å²) >= 11 is 1.54. The highest BCUT2D eigenvalue weighted by Gasteiger charge is 2.34. The number of aliphatic hydroxyl groups excluding tert-OH is 1. The average Bonchev–Trinajstić information content (AvgIpc) is 3.11. The molecule has 1 aliphatic carbocycles. The molecule has 1 aliphatic heterocycles. The number of rotatable bonds is 1. The molecule has 2 aliphatic rings. The molecule has 150 valence electrons. The van der Waals surface area contributed by atoms with E-state index >= 15 is 0 Å². The molecule has 0 saturated heterocycles. The Morgan fingerprint density at radius 2 is 1.93 bits per heavy atom. The number of aromatic nitrogens is 3. The van der Waals surface area contributed by atoms with Gasteiger partial charge < -0.3 is 5.11 Å². The molecular formula is C21H20F2N4OS. The molecule has 3 heterocycles. The average molecular weight is 414 g/mol. The van der Waals surface area contributed by atoms with Crippen molar-refractivity contribution in [2.45, 2.75) is 51.7 Å². The highest BCUT2D eigenvalue weighted by Crippen LogP contribution is 2.42. The van der Waals surface area contributed by atoms with Gasteiger partial charge in [0.05, 0.1) is 17.4 Å². The van der Waals surface area contributed by atoms with Crippen molar-refractivity contribution in [1.82, 2.24) is 14.8 Å². The zero-order valence-electron chi connectivity index (χ0n) is 16.1. The Kier molecular flexibility index (Phi) is 4.36. The Balaban J connectivity index is 1.86. The van der Waals surface area contributed by atoms with Crippen molar-refractivity contribution in [3.05, 3.63) is 63.0 Å². The van der Waals surface area contributed by atoms with Gasteiger partial charge in [0.2, 0.25) is 0 Å². The lowest BCUT2D eigenvalue weighted by Crippen LogP contribution is -2.12. The van der Waals surface area contributed by atoms with E-state index in [9.17, 15) is 13.9 Å². The van der Waals surface area contributed by atoms with Gasteiger partial charge in [0.25, 0.3) is 0 Å². The number of aryl methyl sites for hydroxylation is 1. The number of halogens is 2. The summed E-state index contributed by atoms with van der Waals surface area (Å²) < 4.78 is 31.6. The summed E-state index contributed by atoms with van der Waals surface area (Å²) in [6.45, 7) is 3.72. The first-order valence-electron chi connectivity index (χ1n) is 9.73. The number of aliphatic hydroxyl groups is 1. The Morgan fingerprint density at radius 1 is 1.17 bits per heavy atom. The van der Waals surface area contributed by atoms with Crippen LogP contribution in [0.4, 0.5) is 8.78 Å². The molecule has 1 aromatic carbocycles. The van der Waals surface area contributed by atoms with Crippen LogP contribution in [0, 0.1) is 18.6 Å². The van der Waals surface area contributed by atoms with Crippen molar-refractivity contribution < 1.29 is 13.9 Å². The summed E-state index contributed by atoms with van der Waals surface area (Å²) in [5, 5.41) is 19.6. The van der Waals surface area contributed by atoms with Crippen LogP contribution in [0.5, 0.6) is 0 Å². The molecule has 1 N–H and O–H groups in total. The van der Waals surface area contributed by atoms with E-state index in [-0.39, 0.29) is 5.56 Å². The van der Waals surface area contributed by atoms with Crippen molar-refractivity contribution in [2.24, 2.45) is 4.99 Å². The standard InChI is InChI=1S/C21H20F2N4OS/c1-10-20-26-25-11(2)27(20)21-17(13-6-3-5-12(28)9-16(13)29-21)19(24-10)18-14(22)7-4-8-15(18)23/h4,7-8,10,12,28H,3,5-6,9H2,1-2H3/t10-,12?/m0/s1. The van der Waals surface area contributed by atoms with Gasteiger partial charge in [-0.25, -0.2) is 8.78 Å². The van der Waals surface area contributed by atoms with Crippen molar-refractivity contribution in [1.29, 1.82) is 0 Å². The van der Waals surface area contributed by atoms with Crippen LogP contribution in [-0.2, 0) is 12.8 Å². The third-order valence-electron chi connectivity index (χ3n) is 5.64. The second-order valence-corrected chi connectivity index (χ2v) is 8.71. The first-order valence-corrected chi connectivity index (χ1v) is 10.5. The molecule has 3 aromatic rings. The largest absolute Gasteiger partial charge is 0.393 e. The third-order valence-corrected chi connectivity index (χ3v) is 6.88. The molecule has 0 saturated carbocycles. The zero-order valence-corrected chi connectivity index (χ0v) is 16.9. The van der Waals surface area contributed by atoms with Gasteiger partial charge in [-0.3, -0.25) is 9.56 Å². The monoisotopic (exact) mass is 414 g/mol. The lowest BCUT2D eigenvalue weighted by molar-refractivity contribution is 0.166. The van der Waals surface area contributed by atoms with Crippen LogP contribution in [-0.4, -0.2) is 31.7 Å². The summed E-state index contributed by atoms with van der Waals surface area (Å²) in [5.41, 5.74) is 1.98. The van der Waals surface area contributed by atoms with Gasteiger partial charge in [0.15, 0.2) is 5.82 Å². The van der Waals surface area contributed by atoms with Gasteiger partial charge in [-0.15, -0.1) is 21.5 Å². The molecule has 2 aromatic heterocycles. The number of hydrogen-bond acceptors (Lipinski definition) is 5. The van der Waals surface area contributed by atoms with Crippen LogP contribution in [0.25, 0.3) is 5.00 Å². The SMILES string of the molecule is Cc1nnc2n1-c1sc3c(c1C(c1c(F)cccc1F)=N[C@H]2C)CCCC(O)C3. The molecule has 1 unspecified atom stereocenters. The lowest BCUT2D eigenvalue weighted by Gasteiger charge is -2.12. The van der Waals surface area contributed by atoms with Gasteiger partial charge in [-0.05, 0) is 50.8 Å². The minimum atomic E-state index is -0.634. The number of benzene rings is 1. The fraction of sp³-hybridized carbons (Fsp3) is 0.381. The molecule has 5 nitrogen and oxygen atoms in total. The van der Waals surface area contributed by atoms with E-state index in [1.54, 1.807) is 0 Å². The first-order chi connectivity index (χ1) is 14.0. The fourth-order valence-corrected chi connectivity index (χ4v) is 5.76. The normalized spacial score (nSPS) is 20.9. The Morgan fingerprint density at radius 3 is 2.69 bits per heavy atom. The number of nitrogens with zero attached hydrogens (tertiary/aromatic N) is 4. The molecule has 0 spiro atoms. The van der Waals surface area contributed by atoms with E-state index in [0.29, 0.717) is 30.2 Å². The summed E-state index contributed by atoms with van der Waals surface area (Å²) in [6, 6.07) is 3.48. The van der Waals surface area contributed by atoms with E-state index in [2.05, 4.69) is 10.2 Å². The Bertz CT molecular complexity index is 1130. The molecule has 29 heavy (non-hydrogen) atoms. The molecule has 0 radical (unpaired) electrons. The molecule has 0 bridgehead atoms. The zero-order chi connectivity index (χ0) is 20.3. The van der Waals surface area contributed by atoms with Gasteiger partial charge >= 0.3 is 0 Å². The van der Waals surface area contributed by atoms with Crippen molar-refractivity contribution in [3.63, 3.8) is 0 Å². The predicted molar refractivity (Wildman–Crippen MR) is 107 cm³/mol. The lowest BCUT2D eigenvalue weighted by atomic mass is 9.96. The first kappa shape index (κ1) is 18.6. The number of thiophene rings is 1. The van der Waals surface area contributed by atoms with E-state index in [1.165, 1.54) is 29.5 Å². The van der Waals surface area contributed by atoms with Gasteiger partial charge in [-0.2, -0.15) is 0 Å². The molecular weight excluding hydrogens is 394 g/mol. The van der Waals surface area contributed by atoms with Crippen LogP contribution < -0.4 is 0 Å². The molecule has 0 amide bonds. The highest BCUT2D eigenvalue weighted by molar-refractivity contribution is 7.15. The van der Waals surface area contributed by atoms with Crippen LogP contribution in [0.3, 0.4) is 0 Å². The number of fused-ring (bicyclic) bond motifs is 5. The molecule has 8 heteroatoms.